The number of nitrogens with one attached hydrogen (secondary N) is 1. The Balaban J connectivity index is 1.68. The molecule has 2 aliphatic heterocycles. The standard InChI is InChI=1S/C14H23N3O2/c1-9(2)12-14(19)17-6-5-16(7-10-3-4-10)8-11(17)13(18)15-12/h9-12H,3-8H2,1-2H3,(H,15,18)/t11-,12-/m1/s1. The van der Waals surface area contributed by atoms with E-state index in [1.165, 1.54) is 12.8 Å². The zero-order chi connectivity index (χ0) is 13.6. The van der Waals surface area contributed by atoms with Crippen LogP contribution in [0.15, 0.2) is 0 Å². The summed E-state index contributed by atoms with van der Waals surface area (Å²) in [5, 5.41) is 2.90. The average Bonchev–Trinajstić information content (AvgIpc) is 3.17. The number of nitrogens with zero attached hydrogens (tertiary/aromatic N) is 2. The highest BCUT2D eigenvalue weighted by Gasteiger charge is 2.44. The Morgan fingerprint density at radius 3 is 2.63 bits per heavy atom. The lowest BCUT2D eigenvalue weighted by atomic mass is 9.96. The van der Waals surface area contributed by atoms with Crippen LogP contribution < -0.4 is 5.32 Å². The highest BCUT2D eigenvalue weighted by atomic mass is 16.2. The molecular formula is C14H23N3O2. The SMILES string of the molecule is CC(C)[C@H]1NC(=O)[C@H]2CN(CC3CC3)CCN2C1=O. The molecule has 3 aliphatic rings. The summed E-state index contributed by atoms with van der Waals surface area (Å²) in [6.45, 7) is 7.38. The second-order valence-electron chi connectivity index (χ2n) is 6.48. The molecule has 1 aliphatic carbocycles. The van der Waals surface area contributed by atoms with Gasteiger partial charge < -0.3 is 10.2 Å². The molecule has 0 bridgehead atoms. The minimum absolute atomic E-state index is 0.0267. The first-order valence-corrected chi connectivity index (χ1v) is 7.39. The van der Waals surface area contributed by atoms with Crippen molar-refractivity contribution in [2.45, 2.75) is 38.8 Å². The molecule has 0 spiro atoms. The summed E-state index contributed by atoms with van der Waals surface area (Å²) in [4.78, 5) is 28.7. The molecule has 2 heterocycles. The average molecular weight is 265 g/mol. The second kappa shape index (κ2) is 4.78. The van der Waals surface area contributed by atoms with Gasteiger partial charge in [-0.2, -0.15) is 0 Å². The zero-order valence-corrected chi connectivity index (χ0v) is 11.8. The molecule has 1 saturated carbocycles. The molecule has 2 atom stereocenters. The Morgan fingerprint density at radius 2 is 2.00 bits per heavy atom. The predicted octanol–water partition coefficient (Wildman–Crippen LogP) is 0.0636. The maximum absolute atomic E-state index is 12.4. The maximum Gasteiger partial charge on any atom is 0.246 e. The molecule has 0 unspecified atom stereocenters. The van der Waals surface area contributed by atoms with Crippen LogP contribution in [-0.4, -0.2) is 59.9 Å². The highest BCUT2D eigenvalue weighted by Crippen LogP contribution is 2.30. The number of rotatable bonds is 3. The third-order valence-corrected chi connectivity index (χ3v) is 4.49. The summed E-state index contributed by atoms with van der Waals surface area (Å²) >= 11 is 0. The largest absolute Gasteiger partial charge is 0.342 e. The van der Waals surface area contributed by atoms with E-state index >= 15 is 0 Å². The molecule has 1 N–H and O–H groups in total. The fourth-order valence-corrected chi connectivity index (χ4v) is 3.10. The van der Waals surface area contributed by atoms with E-state index in [9.17, 15) is 9.59 Å². The number of amides is 2. The van der Waals surface area contributed by atoms with Gasteiger partial charge in [0, 0.05) is 26.2 Å². The van der Waals surface area contributed by atoms with Gasteiger partial charge in [0.05, 0.1) is 0 Å². The second-order valence-corrected chi connectivity index (χ2v) is 6.48. The normalized spacial score (nSPS) is 32.5. The van der Waals surface area contributed by atoms with Crippen LogP contribution in [0.5, 0.6) is 0 Å². The van der Waals surface area contributed by atoms with Crippen LogP contribution in [0.2, 0.25) is 0 Å². The van der Waals surface area contributed by atoms with E-state index in [2.05, 4.69) is 10.2 Å². The van der Waals surface area contributed by atoms with E-state index in [-0.39, 0.29) is 29.8 Å². The van der Waals surface area contributed by atoms with E-state index < -0.39 is 0 Å². The molecule has 0 aromatic rings. The summed E-state index contributed by atoms with van der Waals surface area (Å²) in [7, 11) is 0. The molecule has 0 aromatic heterocycles. The lowest BCUT2D eigenvalue weighted by molar-refractivity contribution is -0.154. The van der Waals surface area contributed by atoms with Crippen LogP contribution in [0.1, 0.15) is 26.7 Å². The van der Waals surface area contributed by atoms with Crippen molar-refractivity contribution in [2.24, 2.45) is 11.8 Å². The molecule has 0 aromatic carbocycles. The smallest absolute Gasteiger partial charge is 0.246 e. The number of carbonyl (C=O) groups is 2. The number of hydrogen-bond acceptors (Lipinski definition) is 3. The van der Waals surface area contributed by atoms with Gasteiger partial charge in [-0.1, -0.05) is 13.8 Å². The summed E-state index contributed by atoms with van der Waals surface area (Å²) in [5.74, 6) is 1.11. The summed E-state index contributed by atoms with van der Waals surface area (Å²) < 4.78 is 0. The lowest BCUT2D eigenvalue weighted by Crippen LogP contribution is -2.70. The number of carbonyl (C=O) groups excluding carboxylic acids is 2. The monoisotopic (exact) mass is 265 g/mol. The van der Waals surface area contributed by atoms with Crippen LogP contribution in [0, 0.1) is 11.8 Å². The van der Waals surface area contributed by atoms with Crippen molar-refractivity contribution in [2.75, 3.05) is 26.2 Å². The van der Waals surface area contributed by atoms with Crippen LogP contribution in [-0.2, 0) is 9.59 Å². The molecule has 5 nitrogen and oxygen atoms in total. The summed E-state index contributed by atoms with van der Waals surface area (Å²) in [6.07, 6.45) is 2.65. The Hall–Kier alpha value is -1.10. The number of piperazine rings is 2. The summed E-state index contributed by atoms with van der Waals surface area (Å²) in [5.41, 5.74) is 0. The van der Waals surface area contributed by atoms with Gasteiger partial charge in [0.2, 0.25) is 11.8 Å². The van der Waals surface area contributed by atoms with Crippen molar-refractivity contribution >= 4 is 11.8 Å². The molecule has 3 fully saturated rings. The molecule has 2 amide bonds. The van der Waals surface area contributed by atoms with Crippen LogP contribution in [0.3, 0.4) is 0 Å². The van der Waals surface area contributed by atoms with E-state index in [1.54, 1.807) is 4.90 Å². The lowest BCUT2D eigenvalue weighted by Gasteiger charge is -2.46. The molecule has 106 valence electrons. The van der Waals surface area contributed by atoms with Gasteiger partial charge >= 0.3 is 0 Å². The topological polar surface area (TPSA) is 52.7 Å². The number of hydrogen-bond donors (Lipinski definition) is 1. The van der Waals surface area contributed by atoms with Crippen molar-refractivity contribution in [1.82, 2.24) is 15.1 Å². The van der Waals surface area contributed by atoms with Crippen molar-refractivity contribution in [3.05, 3.63) is 0 Å². The predicted molar refractivity (Wildman–Crippen MR) is 71.4 cm³/mol. The molecule has 0 radical (unpaired) electrons. The van der Waals surface area contributed by atoms with Crippen LogP contribution in [0.4, 0.5) is 0 Å². The van der Waals surface area contributed by atoms with Gasteiger partial charge in [-0.05, 0) is 24.7 Å². The molecule has 3 rings (SSSR count). The third-order valence-electron chi connectivity index (χ3n) is 4.49. The van der Waals surface area contributed by atoms with Crippen molar-refractivity contribution in [3.63, 3.8) is 0 Å². The van der Waals surface area contributed by atoms with E-state index in [0.717, 1.165) is 19.0 Å². The fourth-order valence-electron chi connectivity index (χ4n) is 3.10. The summed E-state index contributed by atoms with van der Waals surface area (Å²) in [6, 6.07) is -0.603. The zero-order valence-electron chi connectivity index (χ0n) is 11.8. The third kappa shape index (κ3) is 2.48. The molecule has 19 heavy (non-hydrogen) atoms. The number of fused-ring (bicyclic) bond motifs is 1. The fraction of sp³-hybridized carbons (Fsp3) is 0.857. The van der Waals surface area contributed by atoms with Gasteiger partial charge in [-0.3, -0.25) is 14.5 Å². The Bertz CT molecular complexity index is 392. The molecule has 2 saturated heterocycles. The van der Waals surface area contributed by atoms with Gasteiger partial charge in [-0.25, -0.2) is 0 Å². The van der Waals surface area contributed by atoms with Crippen molar-refractivity contribution in [3.8, 4) is 0 Å². The Morgan fingerprint density at radius 1 is 1.26 bits per heavy atom. The molecule has 5 heteroatoms. The minimum atomic E-state index is -0.335. The molecular weight excluding hydrogens is 242 g/mol. The van der Waals surface area contributed by atoms with Crippen molar-refractivity contribution < 1.29 is 9.59 Å². The maximum atomic E-state index is 12.4. The Kier molecular flexibility index (Phi) is 3.25. The van der Waals surface area contributed by atoms with Crippen LogP contribution in [0.25, 0.3) is 0 Å². The first-order valence-electron chi connectivity index (χ1n) is 7.39. The van der Waals surface area contributed by atoms with E-state index in [1.807, 2.05) is 13.8 Å². The van der Waals surface area contributed by atoms with Gasteiger partial charge in [0.25, 0.3) is 0 Å². The van der Waals surface area contributed by atoms with Crippen molar-refractivity contribution in [1.29, 1.82) is 0 Å². The minimum Gasteiger partial charge on any atom is -0.342 e. The van der Waals surface area contributed by atoms with Crippen LogP contribution >= 0.6 is 0 Å². The van der Waals surface area contributed by atoms with E-state index in [0.29, 0.717) is 13.1 Å². The quantitative estimate of drug-likeness (QED) is 0.785. The first-order chi connectivity index (χ1) is 9.06. The van der Waals surface area contributed by atoms with Gasteiger partial charge in [0.15, 0.2) is 0 Å². The Labute approximate surface area is 114 Å². The van der Waals surface area contributed by atoms with Gasteiger partial charge in [-0.15, -0.1) is 0 Å². The highest BCUT2D eigenvalue weighted by molar-refractivity contribution is 5.97. The van der Waals surface area contributed by atoms with E-state index in [4.69, 9.17) is 0 Å². The first kappa shape index (κ1) is 12.9. The van der Waals surface area contributed by atoms with Gasteiger partial charge in [0.1, 0.15) is 12.1 Å².